The Hall–Kier alpha value is -3.68. The van der Waals surface area contributed by atoms with Crippen LogP contribution in [-0.4, -0.2) is 36.0 Å². The lowest BCUT2D eigenvalue weighted by Crippen LogP contribution is -2.29. The van der Waals surface area contributed by atoms with E-state index in [1.165, 1.54) is 56.6 Å². The standard InChI is InChI=1S/C26H29FN4O3/c1-3-23(32)18-13-19(25(27)24(14-18)33-2)17-34-22-15-28-26(29-16-22)30-20-7-9-21(10-8-20)31-11-5-4-6-12-31/h7-10,13-16H,3-6,11-12,17H2,1-2H3,(H,28,29,30). The molecule has 0 bridgehead atoms. The maximum absolute atomic E-state index is 14.6. The van der Waals surface area contributed by atoms with E-state index in [9.17, 15) is 9.18 Å². The molecule has 1 saturated heterocycles. The average molecular weight is 465 g/mol. The van der Waals surface area contributed by atoms with Crippen molar-refractivity contribution in [1.29, 1.82) is 0 Å². The number of nitrogens with one attached hydrogen (secondary N) is 1. The van der Waals surface area contributed by atoms with Gasteiger partial charge in [-0.3, -0.25) is 4.79 Å². The number of carbonyl (C=O) groups is 1. The molecule has 0 atom stereocenters. The largest absolute Gasteiger partial charge is 0.494 e. The minimum Gasteiger partial charge on any atom is -0.494 e. The summed E-state index contributed by atoms with van der Waals surface area (Å²) in [5.74, 6) is 0.183. The molecule has 4 rings (SSSR count). The van der Waals surface area contributed by atoms with Crippen LogP contribution in [-0.2, 0) is 6.61 Å². The second-order valence-electron chi connectivity index (χ2n) is 8.18. The van der Waals surface area contributed by atoms with Crippen molar-refractivity contribution in [2.24, 2.45) is 0 Å². The van der Waals surface area contributed by atoms with Crippen molar-refractivity contribution in [2.45, 2.75) is 39.2 Å². The molecule has 1 aliphatic heterocycles. The number of Topliss-reactive ketones (excluding diaryl/α,β-unsaturated/α-hetero) is 1. The number of anilines is 3. The van der Waals surface area contributed by atoms with E-state index < -0.39 is 5.82 Å². The summed E-state index contributed by atoms with van der Waals surface area (Å²) >= 11 is 0. The van der Waals surface area contributed by atoms with Gasteiger partial charge in [-0.2, -0.15) is 0 Å². The Balaban J connectivity index is 1.37. The Morgan fingerprint density at radius 2 is 1.79 bits per heavy atom. The summed E-state index contributed by atoms with van der Waals surface area (Å²) in [5, 5.41) is 3.18. The molecular weight excluding hydrogens is 435 g/mol. The van der Waals surface area contributed by atoms with Crippen LogP contribution in [0.15, 0.2) is 48.8 Å². The van der Waals surface area contributed by atoms with Gasteiger partial charge >= 0.3 is 0 Å². The van der Waals surface area contributed by atoms with Gasteiger partial charge in [-0.15, -0.1) is 0 Å². The van der Waals surface area contributed by atoms with Gasteiger partial charge in [0.05, 0.1) is 19.5 Å². The molecule has 3 aromatic rings. The summed E-state index contributed by atoms with van der Waals surface area (Å²) in [7, 11) is 1.37. The van der Waals surface area contributed by atoms with Crippen LogP contribution in [0, 0.1) is 5.82 Å². The molecule has 8 heteroatoms. The fourth-order valence-electron chi connectivity index (χ4n) is 3.93. The highest BCUT2D eigenvalue weighted by Crippen LogP contribution is 2.26. The van der Waals surface area contributed by atoms with Crippen molar-refractivity contribution in [3.05, 3.63) is 65.7 Å². The zero-order chi connectivity index (χ0) is 23.9. The van der Waals surface area contributed by atoms with Gasteiger partial charge in [-0.1, -0.05) is 6.92 Å². The number of benzene rings is 2. The third-order valence-electron chi connectivity index (χ3n) is 5.84. The van der Waals surface area contributed by atoms with Crippen LogP contribution in [0.1, 0.15) is 48.5 Å². The zero-order valence-electron chi connectivity index (χ0n) is 19.5. The van der Waals surface area contributed by atoms with Crippen LogP contribution in [0.3, 0.4) is 0 Å². The number of carbonyl (C=O) groups excluding carboxylic acids is 1. The summed E-state index contributed by atoms with van der Waals surface area (Å²) in [5.41, 5.74) is 2.73. The molecule has 2 heterocycles. The number of halogens is 1. The van der Waals surface area contributed by atoms with E-state index in [0.29, 0.717) is 23.7 Å². The van der Waals surface area contributed by atoms with Crippen molar-refractivity contribution < 1.29 is 18.7 Å². The van der Waals surface area contributed by atoms with Crippen molar-refractivity contribution in [1.82, 2.24) is 9.97 Å². The maximum Gasteiger partial charge on any atom is 0.227 e. The number of ether oxygens (including phenoxy) is 2. The Morgan fingerprint density at radius 1 is 1.09 bits per heavy atom. The Labute approximate surface area is 198 Å². The number of ketones is 1. The lowest BCUT2D eigenvalue weighted by atomic mass is 10.0. The smallest absolute Gasteiger partial charge is 0.227 e. The van der Waals surface area contributed by atoms with Gasteiger partial charge in [0.1, 0.15) is 6.61 Å². The van der Waals surface area contributed by atoms with Gasteiger partial charge in [0.2, 0.25) is 5.95 Å². The van der Waals surface area contributed by atoms with Crippen LogP contribution in [0.25, 0.3) is 0 Å². The zero-order valence-corrected chi connectivity index (χ0v) is 19.5. The molecule has 0 spiro atoms. The maximum atomic E-state index is 14.6. The Morgan fingerprint density at radius 3 is 2.44 bits per heavy atom. The van der Waals surface area contributed by atoms with Gasteiger partial charge in [-0.05, 0) is 55.7 Å². The molecule has 7 nitrogen and oxygen atoms in total. The highest BCUT2D eigenvalue weighted by atomic mass is 19.1. The highest BCUT2D eigenvalue weighted by molar-refractivity contribution is 5.96. The number of rotatable bonds is 9. The van der Waals surface area contributed by atoms with Gasteiger partial charge in [0.25, 0.3) is 0 Å². The van der Waals surface area contributed by atoms with E-state index in [-0.39, 0.29) is 23.7 Å². The first-order valence-electron chi connectivity index (χ1n) is 11.5. The monoisotopic (exact) mass is 464 g/mol. The van der Waals surface area contributed by atoms with Crippen LogP contribution >= 0.6 is 0 Å². The second kappa shape index (κ2) is 11.0. The molecular formula is C26H29FN4O3. The first kappa shape index (κ1) is 23.5. The fourth-order valence-corrected chi connectivity index (χ4v) is 3.93. The first-order chi connectivity index (χ1) is 16.6. The van der Waals surface area contributed by atoms with Crippen LogP contribution < -0.4 is 19.7 Å². The Kier molecular flexibility index (Phi) is 7.57. The van der Waals surface area contributed by atoms with E-state index >= 15 is 0 Å². The molecule has 1 aliphatic rings. The topological polar surface area (TPSA) is 76.6 Å². The Bertz CT molecular complexity index is 1110. The predicted octanol–water partition coefficient (Wildman–Crippen LogP) is 5.53. The molecule has 2 aromatic carbocycles. The van der Waals surface area contributed by atoms with E-state index in [2.05, 4.69) is 32.3 Å². The molecule has 178 valence electrons. The van der Waals surface area contributed by atoms with Gasteiger partial charge in [0, 0.05) is 42.0 Å². The first-order valence-corrected chi connectivity index (χ1v) is 11.5. The van der Waals surface area contributed by atoms with Crippen molar-refractivity contribution in [3.8, 4) is 11.5 Å². The van der Waals surface area contributed by atoms with E-state index in [1.807, 2.05) is 12.1 Å². The number of aromatic nitrogens is 2. The summed E-state index contributed by atoms with van der Waals surface area (Å²) in [6.07, 6.45) is 7.15. The third-order valence-corrected chi connectivity index (χ3v) is 5.84. The van der Waals surface area contributed by atoms with Crippen molar-refractivity contribution >= 4 is 23.1 Å². The summed E-state index contributed by atoms with van der Waals surface area (Å²) < 4.78 is 25.3. The molecule has 0 saturated carbocycles. The minimum atomic E-state index is -0.553. The third kappa shape index (κ3) is 5.62. The molecule has 0 radical (unpaired) electrons. The number of hydrogen-bond acceptors (Lipinski definition) is 7. The molecule has 1 fully saturated rings. The number of piperidine rings is 1. The van der Waals surface area contributed by atoms with Gasteiger partial charge in [-0.25, -0.2) is 14.4 Å². The molecule has 1 aromatic heterocycles. The van der Waals surface area contributed by atoms with E-state index in [4.69, 9.17) is 9.47 Å². The normalized spacial score (nSPS) is 13.4. The van der Waals surface area contributed by atoms with Crippen LogP contribution in [0.5, 0.6) is 11.5 Å². The van der Waals surface area contributed by atoms with E-state index in [0.717, 1.165) is 18.8 Å². The van der Waals surface area contributed by atoms with E-state index in [1.54, 1.807) is 6.92 Å². The summed E-state index contributed by atoms with van der Waals surface area (Å²) in [6, 6.07) is 11.1. The minimum absolute atomic E-state index is 0.0139. The second-order valence-corrected chi connectivity index (χ2v) is 8.18. The van der Waals surface area contributed by atoms with Gasteiger partial charge in [0.15, 0.2) is 23.1 Å². The van der Waals surface area contributed by atoms with Crippen molar-refractivity contribution in [3.63, 3.8) is 0 Å². The predicted molar refractivity (Wildman–Crippen MR) is 130 cm³/mol. The molecule has 0 unspecified atom stereocenters. The summed E-state index contributed by atoms with van der Waals surface area (Å²) in [6.45, 7) is 3.88. The number of hydrogen-bond donors (Lipinski definition) is 1. The van der Waals surface area contributed by atoms with Crippen LogP contribution in [0.2, 0.25) is 0 Å². The molecule has 1 N–H and O–H groups in total. The lowest BCUT2D eigenvalue weighted by molar-refractivity contribution is 0.0987. The molecule has 34 heavy (non-hydrogen) atoms. The molecule has 0 aliphatic carbocycles. The summed E-state index contributed by atoms with van der Waals surface area (Å²) in [4.78, 5) is 23.0. The molecule has 0 amide bonds. The SMILES string of the molecule is CCC(=O)c1cc(COc2cnc(Nc3ccc(N4CCCCC4)cc3)nc2)c(F)c(OC)c1. The number of nitrogens with zero attached hydrogens (tertiary/aromatic N) is 3. The van der Waals surface area contributed by atoms with Crippen LogP contribution in [0.4, 0.5) is 21.7 Å². The van der Waals surface area contributed by atoms with Gasteiger partial charge < -0.3 is 19.7 Å². The average Bonchev–Trinajstić information content (AvgIpc) is 2.89. The lowest BCUT2D eigenvalue weighted by Gasteiger charge is -2.28. The fraction of sp³-hybridized carbons (Fsp3) is 0.346. The van der Waals surface area contributed by atoms with Crippen molar-refractivity contribution in [2.75, 3.05) is 30.4 Å². The highest BCUT2D eigenvalue weighted by Gasteiger charge is 2.16. The number of methoxy groups -OCH3 is 1. The quantitative estimate of drug-likeness (QED) is 0.417.